The summed E-state index contributed by atoms with van der Waals surface area (Å²) >= 11 is 1.32. The molecule has 0 radical (unpaired) electrons. The van der Waals surface area contributed by atoms with Crippen LogP contribution in [0.1, 0.15) is 55.0 Å². The quantitative estimate of drug-likeness (QED) is 0.631. The van der Waals surface area contributed by atoms with E-state index in [-0.39, 0.29) is 11.7 Å². The van der Waals surface area contributed by atoms with Crippen molar-refractivity contribution in [2.75, 3.05) is 16.9 Å². The minimum atomic E-state index is -0.0686. The second-order valence-corrected chi connectivity index (χ2v) is 7.64. The Bertz CT molecular complexity index is 752. The van der Waals surface area contributed by atoms with Crippen LogP contribution in [-0.2, 0) is 4.79 Å². The Morgan fingerprint density at radius 1 is 1.28 bits per heavy atom. The fourth-order valence-corrected chi connectivity index (χ4v) is 3.88. The molecular weight excluding hydrogens is 334 g/mol. The third kappa shape index (κ3) is 4.34. The largest absolute Gasteiger partial charge is 0.336 e. The van der Waals surface area contributed by atoms with Gasteiger partial charge in [0.05, 0.1) is 5.75 Å². The fourth-order valence-electron chi connectivity index (χ4n) is 3.21. The highest BCUT2D eigenvalue weighted by atomic mass is 32.2. The number of hydrogen-bond acceptors (Lipinski definition) is 5. The molecule has 25 heavy (non-hydrogen) atoms. The molecular formula is C18H25N5OS. The van der Waals surface area contributed by atoms with Crippen LogP contribution in [-0.4, -0.2) is 26.5 Å². The Hall–Kier alpha value is -2.02. The molecule has 1 fully saturated rings. The van der Waals surface area contributed by atoms with Crippen molar-refractivity contribution < 1.29 is 4.79 Å². The highest BCUT2D eigenvalue weighted by molar-refractivity contribution is 7.99. The predicted octanol–water partition coefficient (Wildman–Crippen LogP) is 3.39. The monoisotopic (exact) mass is 359 g/mol. The van der Waals surface area contributed by atoms with Gasteiger partial charge in [0.15, 0.2) is 5.82 Å². The summed E-state index contributed by atoms with van der Waals surface area (Å²) in [5.74, 6) is 7.58. The molecule has 0 atom stereocenters. The van der Waals surface area contributed by atoms with Crippen molar-refractivity contribution in [3.05, 3.63) is 35.2 Å². The number of nitrogens with zero attached hydrogens (tertiary/aromatic N) is 3. The molecule has 2 aromatic rings. The van der Waals surface area contributed by atoms with Gasteiger partial charge in [0, 0.05) is 11.6 Å². The summed E-state index contributed by atoms with van der Waals surface area (Å²) < 4.78 is 1.56. The van der Waals surface area contributed by atoms with Gasteiger partial charge in [-0.05, 0) is 43.9 Å². The van der Waals surface area contributed by atoms with Gasteiger partial charge in [0.25, 0.3) is 0 Å². The predicted molar refractivity (Wildman–Crippen MR) is 101 cm³/mol. The number of carbonyl (C=O) groups excluding carboxylic acids is 1. The summed E-state index contributed by atoms with van der Waals surface area (Å²) in [5.41, 5.74) is 3.01. The summed E-state index contributed by atoms with van der Waals surface area (Å²) in [7, 11) is 0. The van der Waals surface area contributed by atoms with Crippen molar-refractivity contribution in [2.24, 2.45) is 0 Å². The number of nitrogen functional groups attached to an aromatic ring is 1. The van der Waals surface area contributed by atoms with Gasteiger partial charge in [-0.2, -0.15) is 0 Å². The smallest absolute Gasteiger partial charge is 0.234 e. The average Bonchev–Trinajstić information content (AvgIpc) is 2.98. The molecule has 3 N–H and O–H groups in total. The van der Waals surface area contributed by atoms with Crippen molar-refractivity contribution in [2.45, 2.75) is 57.0 Å². The van der Waals surface area contributed by atoms with Crippen molar-refractivity contribution in [3.63, 3.8) is 0 Å². The zero-order chi connectivity index (χ0) is 17.8. The van der Waals surface area contributed by atoms with E-state index in [2.05, 4.69) is 15.5 Å². The fraction of sp³-hybridized carbons (Fsp3) is 0.500. The van der Waals surface area contributed by atoms with Gasteiger partial charge in [-0.1, -0.05) is 43.2 Å². The Kier molecular flexibility index (Phi) is 5.63. The SMILES string of the molecule is Cc1ccc(C)c(NC(=O)CSc2nnc(C3CCCCC3)n2N)c1. The van der Waals surface area contributed by atoms with Crippen LogP contribution in [0, 0.1) is 13.8 Å². The van der Waals surface area contributed by atoms with Crippen LogP contribution in [0.4, 0.5) is 5.69 Å². The molecule has 0 saturated heterocycles. The number of thioether (sulfide) groups is 1. The first kappa shape index (κ1) is 17.8. The zero-order valence-corrected chi connectivity index (χ0v) is 15.6. The lowest BCUT2D eigenvalue weighted by Crippen LogP contribution is -2.20. The van der Waals surface area contributed by atoms with Crippen LogP contribution < -0.4 is 11.2 Å². The third-order valence-corrected chi connectivity index (χ3v) is 5.60. The van der Waals surface area contributed by atoms with E-state index in [1.54, 1.807) is 4.68 Å². The van der Waals surface area contributed by atoms with Crippen LogP contribution in [0.5, 0.6) is 0 Å². The standard InChI is InChI=1S/C18H25N5OS/c1-12-8-9-13(2)15(10-12)20-16(24)11-25-18-22-21-17(23(18)19)14-6-4-3-5-7-14/h8-10,14H,3-7,11,19H2,1-2H3,(H,20,24). The lowest BCUT2D eigenvalue weighted by molar-refractivity contribution is -0.113. The van der Waals surface area contributed by atoms with E-state index in [9.17, 15) is 4.79 Å². The molecule has 1 aliphatic carbocycles. The van der Waals surface area contributed by atoms with E-state index in [4.69, 9.17) is 5.84 Å². The van der Waals surface area contributed by atoms with Gasteiger partial charge in [-0.3, -0.25) is 4.79 Å². The van der Waals surface area contributed by atoms with E-state index in [1.807, 2.05) is 32.0 Å². The minimum absolute atomic E-state index is 0.0686. The first-order valence-corrected chi connectivity index (χ1v) is 9.73. The molecule has 1 aliphatic rings. The number of rotatable bonds is 5. The second-order valence-electron chi connectivity index (χ2n) is 6.70. The normalized spacial score (nSPS) is 15.3. The Balaban J connectivity index is 1.59. The molecule has 1 heterocycles. The molecule has 0 aliphatic heterocycles. The maximum Gasteiger partial charge on any atom is 0.234 e. The summed E-state index contributed by atoms with van der Waals surface area (Å²) in [6.07, 6.45) is 5.96. The van der Waals surface area contributed by atoms with E-state index in [1.165, 1.54) is 31.0 Å². The molecule has 1 saturated carbocycles. The van der Waals surface area contributed by atoms with Crippen LogP contribution in [0.2, 0.25) is 0 Å². The van der Waals surface area contributed by atoms with E-state index >= 15 is 0 Å². The molecule has 0 bridgehead atoms. The zero-order valence-electron chi connectivity index (χ0n) is 14.8. The molecule has 1 amide bonds. The summed E-state index contributed by atoms with van der Waals surface area (Å²) in [4.78, 5) is 12.2. The molecule has 1 aromatic heterocycles. The van der Waals surface area contributed by atoms with Gasteiger partial charge < -0.3 is 11.2 Å². The average molecular weight is 359 g/mol. The number of aryl methyl sites for hydroxylation is 2. The van der Waals surface area contributed by atoms with E-state index in [0.717, 1.165) is 35.5 Å². The Morgan fingerprint density at radius 3 is 2.80 bits per heavy atom. The van der Waals surface area contributed by atoms with Gasteiger partial charge in [-0.25, -0.2) is 4.68 Å². The van der Waals surface area contributed by atoms with Crippen LogP contribution in [0.15, 0.2) is 23.4 Å². The summed E-state index contributed by atoms with van der Waals surface area (Å²) in [6.45, 7) is 3.99. The Morgan fingerprint density at radius 2 is 2.04 bits per heavy atom. The van der Waals surface area contributed by atoms with E-state index in [0.29, 0.717) is 11.1 Å². The number of nitrogens with one attached hydrogen (secondary N) is 1. The number of anilines is 1. The molecule has 6 nitrogen and oxygen atoms in total. The molecule has 3 rings (SSSR count). The second kappa shape index (κ2) is 7.91. The first-order valence-electron chi connectivity index (χ1n) is 8.75. The maximum atomic E-state index is 12.2. The van der Waals surface area contributed by atoms with Gasteiger partial charge in [0.2, 0.25) is 11.1 Å². The number of amides is 1. The highest BCUT2D eigenvalue weighted by Gasteiger charge is 2.22. The minimum Gasteiger partial charge on any atom is -0.336 e. The van der Waals surface area contributed by atoms with Gasteiger partial charge >= 0.3 is 0 Å². The van der Waals surface area contributed by atoms with E-state index < -0.39 is 0 Å². The molecule has 7 heteroatoms. The first-order chi connectivity index (χ1) is 12.0. The van der Waals surface area contributed by atoms with Crippen molar-refractivity contribution in [1.29, 1.82) is 0 Å². The van der Waals surface area contributed by atoms with Gasteiger partial charge in [0.1, 0.15) is 0 Å². The van der Waals surface area contributed by atoms with Gasteiger partial charge in [-0.15, -0.1) is 10.2 Å². The lowest BCUT2D eigenvalue weighted by Gasteiger charge is -2.20. The molecule has 134 valence electrons. The topological polar surface area (TPSA) is 85.8 Å². The third-order valence-electron chi connectivity index (χ3n) is 4.66. The number of aromatic nitrogens is 3. The van der Waals surface area contributed by atoms with Crippen molar-refractivity contribution in [3.8, 4) is 0 Å². The summed E-state index contributed by atoms with van der Waals surface area (Å²) in [5, 5.41) is 12.0. The van der Waals surface area contributed by atoms with Crippen molar-refractivity contribution in [1.82, 2.24) is 14.9 Å². The van der Waals surface area contributed by atoms with Crippen LogP contribution in [0.3, 0.4) is 0 Å². The summed E-state index contributed by atoms with van der Waals surface area (Å²) in [6, 6.07) is 6.01. The lowest BCUT2D eigenvalue weighted by atomic mass is 9.89. The number of hydrogen-bond donors (Lipinski definition) is 2. The van der Waals surface area contributed by atoms with Crippen molar-refractivity contribution >= 4 is 23.4 Å². The Labute approximate surface area is 152 Å². The highest BCUT2D eigenvalue weighted by Crippen LogP contribution is 2.32. The maximum absolute atomic E-state index is 12.2. The van der Waals surface area contributed by atoms with Crippen LogP contribution in [0.25, 0.3) is 0 Å². The number of nitrogens with two attached hydrogens (primary N) is 1. The number of carbonyl (C=O) groups is 1. The van der Waals surface area contributed by atoms with Crippen LogP contribution >= 0.6 is 11.8 Å². The molecule has 0 unspecified atom stereocenters. The molecule has 0 spiro atoms. The number of benzene rings is 1. The molecule has 1 aromatic carbocycles.